The van der Waals surface area contributed by atoms with E-state index in [-0.39, 0.29) is 5.91 Å². The predicted octanol–water partition coefficient (Wildman–Crippen LogP) is 3.67. The van der Waals surface area contributed by atoms with Crippen LogP contribution in [0.25, 0.3) is 0 Å². The molecular weight excluding hydrogens is 350 g/mol. The van der Waals surface area contributed by atoms with Gasteiger partial charge < -0.3 is 9.42 Å². The molecule has 1 amide bonds. The molecule has 0 aliphatic carbocycles. The molecule has 5 nitrogen and oxygen atoms in total. The van der Waals surface area contributed by atoms with Gasteiger partial charge in [0.15, 0.2) is 0 Å². The fourth-order valence-corrected chi connectivity index (χ4v) is 4.66. The molecule has 1 unspecified atom stereocenters. The van der Waals surface area contributed by atoms with Gasteiger partial charge in [0, 0.05) is 31.4 Å². The van der Waals surface area contributed by atoms with Crippen molar-refractivity contribution in [2.24, 2.45) is 0 Å². The number of carbonyl (C=O) groups is 1. The van der Waals surface area contributed by atoms with Gasteiger partial charge >= 0.3 is 0 Å². The normalized spacial score (nSPS) is 21.6. The Hall–Kier alpha value is -2.92. The van der Waals surface area contributed by atoms with E-state index in [1.54, 1.807) is 0 Å². The van der Waals surface area contributed by atoms with E-state index in [0.29, 0.717) is 13.1 Å². The lowest BCUT2D eigenvalue weighted by Gasteiger charge is -2.24. The maximum Gasteiger partial charge on any atom is 0.239 e. The summed E-state index contributed by atoms with van der Waals surface area (Å²) in [5.74, 6) is 1.04. The van der Waals surface area contributed by atoms with E-state index in [4.69, 9.17) is 4.52 Å². The number of amides is 1. The molecule has 1 atom stereocenters. The zero-order valence-electron chi connectivity index (χ0n) is 16.0. The first-order valence-corrected chi connectivity index (χ1v) is 9.76. The lowest BCUT2D eigenvalue weighted by molar-refractivity contribution is -0.123. The number of hydrogen-bond acceptors (Lipinski definition) is 4. The number of anilines is 1. The smallest absolute Gasteiger partial charge is 0.239 e. The molecular formula is C23H23N3O2. The van der Waals surface area contributed by atoms with Crippen molar-refractivity contribution < 1.29 is 9.32 Å². The second-order valence-electron chi connectivity index (χ2n) is 7.87. The molecule has 2 aliphatic heterocycles. The van der Waals surface area contributed by atoms with E-state index < -0.39 is 5.41 Å². The molecule has 1 spiro atoms. The van der Waals surface area contributed by atoms with Gasteiger partial charge in [0.25, 0.3) is 0 Å². The quantitative estimate of drug-likeness (QED) is 0.700. The molecule has 0 saturated carbocycles. The van der Waals surface area contributed by atoms with Gasteiger partial charge in [-0.05, 0) is 30.5 Å². The fraction of sp³-hybridized carbons (Fsp3) is 0.304. The highest BCUT2D eigenvalue weighted by Gasteiger charge is 2.54. The Morgan fingerprint density at radius 1 is 1.07 bits per heavy atom. The van der Waals surface area contributed by atoms with Gasteiger partial charge in [0.1, 0.15) is 5.76 Å². The summed E-state index contributed by atoms with van der Waals surface area (Å²) in [5.41, 5.74) is 3.83. The van der Waals surface area contributed by atoms with Crippen LogP contribution in [0.5, 0.6) is 0 Å². The topological polar surface area (TPSA) is 49.6 Å². The van der Waals surface area contributed by atoms with Gasteiger partial charge in [-0.2, -0.15) is 0 Å². The van der Waals surface area contributed by atoms with Crippen LogP contribution < -0.4 is 4.90 Å². The lowest BCUT2D eigenvalue weighted by Crippen LogP contribution is -2.42. The number of likely N-dealkylation sites (tertiary alicyclic amines) is 1. The molecule has 2 aromatic carbocycles. The standard InChI is InChI=1S/C23H23N3O2/c1-17-13-19(24-28-17)15-25-12-11-23(16-25)20-9-5-6-10-21(20)26(22(23)27)14-18-7-3-2-4-8-18/h2-10,13H,11-12,14-16H2,1H3. The molecule has 3 aromatic rings. The van der Waals surface area contributed by atoms with E-state index in [1.807, 2.05) is 48.2 Å². The molecule has 0 bridgehead atoms. The number of para-hydroxylation sites is 1. The van der Waals surface area contributed by atoms with Gasteiger partial charge in [0.2, 0.25) is 5.91 Å². The Bertz CT molecular complexity index is 1010. The van der Waals surface area contributed by atoms with Crippen molar-refractivity contribution in [1.29, 1.82) is 0 Å². The van der Waals surface area contributed by atoms with Crippen molar-refractivity contribution >= 4 is 11.6 Å². The van der Waals surface area contributed by atoms with Crippen LogP contribution in [0.15, 0.2) is 65.2 Å². The van der Waals surface area contributed by atoms with Gasteiger partial charge in [0.05, 0.1) is 17.7 Å². The largest absolute Gasteiger partial charge is 0.361 e. The van der Waals surface area contributed by atoms with Gasteiger partial charge in [-0.25, -0.2) is 0 Å². The maximum absolute atomic E-state index is 13.7. The summed E-state index contributed by atoms with van der Waals surface area (Å²) in [6.07, 6.45) is 0.838. The van der Waals surface area contributed by atoms with Crippen LogP contribution in [0, 0.1) is 6.92 Å². The number of hydrogen-bond donors (Lipinski definition) is 0. The van der Waals surface area contributed by atoms with E-state index >= 15 is 0 Å². The zero-order chi connectivity index (χ0) is 19.1. The molecule has 3 heterocycles. The Kier molecular flexibility index (Phi) is 4.05. The predicted molar refractivity (Wildman–Crippen MR) is 107 cm³/mol. The molecule has 5 heteroatoms. The van der Waals surface area contributed by atoms with Crippen LogP contribution in [0.1, 0.15) is 29.0 Å². The van der Waals surface area contributed by atoms with E-state index in [0.717, 1.165) is 47.8 Å². The molecule has 1 aromatic heterocycles. The second-order valence-corrected chi connectivity index (χ2v) is 7.87. The summed E-state index contributed by atoms with van der Waals surface area (Å²) in [6, 6.07) is 20.4. The molecule has 142 valence electrons. The number of rotatable bonds is 4. The van der Waals surface area contributed by atoms with Crippen molar-refractivity contribution in [1.82, 2.24) is 10.1 Å². The molecule has 0 radical (unpaired) electrons. The Labute approximate surface area is 164 Å². The summed E-state index contributed by atoms with van der Waals surface area (Å²) >= 11 is 0. The molecule has 1 fully saturated rings. The van der Waals surface area contributed by atoms with Crippen LogP contribution in [-0.2, 0) is 23.3 Å². The molecule has 5 rings (SSSR count). The van der Waals surface area contributed by atoms with E-state index in [1.165, 1.54) is 0 Å². The monoisotopic (exact) mass is 373 g/mol. The Balaban J connectivity index is 1.44. The average Bonchev–Trinajstić information content (AvgIpc) is 3.38. The van der Waals surface area contributed by atoms with E-state index in [2.05, 4.69) is 34.3 Å². The van der Waals surface area contributed by atoms with Gasteiger partial charge in [-0.1, -0.05) is 53.7 Å². The van der Waals surface area contributed by atoms with Crippen LogP contribution in [0.4, 0.5) is 5.69 Å². The summed E-state index contributed by atoms with van der Waals surface area (Å²) in [5, 5.41) is 4.12. The molecule has 0 N–H and O–H groups in total. The average molecular weight is 373 g/mol. The third-order valence-electron chi connectivity index (χ3n) is 5.96. The first kappa shape index (κ1) is 17.2. The summed E-state index contributed by atoms with van der Waals surface area (Å²) < 4.78 is 5.20. The molecule has 2 aliphatic rings. The Morgan fingerprint density at radius 2 is 1.86 bits per heavy atom. The van der Waals surface area contributed by atoms with Gasteiger partial charge in [-0.15, -0.1) is 0 Å². The highest BCUT2D eigenvalue weighted by Crippen LogP contribution is 2.47. The van der Waals surface area contributed by atoms with Gasteiger partial charge in [-0.3, -0.25) is 9.69 Å². The van der Waals surface area contributed by atoms with Crippen molar-refractivity contribution in [3.8, 4) is 0 Å². The van der Waals surface area contributed by atoms with Crippen molar-refractivity contribution in [2.75, 3.05) is 18.0 Å². The van der Waals surface area contributed by atoms with E-state index in [9.17, 15) is 4.79 Å². The van der Waals surface area contributed by atoms with Crippen molar-refractivity contribution in [3.63, 3.8) is 0 Å². The third-order valence-corrected chi connectivity index (χ3v) is 5.96. The minimum Gasteiger partial charge on any atom is -0.361 e. The minimum absolute atomic E-state index is 0.219. The Morgan fingerprint density at radius 3 is 2.64 bits per heavy atom. The lowest BCUT2D eigenvalue weighted by atomic mass is 9.81. The third kappa shape index (κ3) is 2.74. The zero-order valence-corrected chi connectivity index (χ0v) is 16.0. The maximum atomic E-state index is 13.7. The highest BCUT2D eigenvalue weighted by atomic mass is 16.5. The second kappa shape index (κ2) is 6.60. The number of nitrogens with zero attached hydrogens (tertiary/aromatic N) is 3. The number of aromatic nitrogens is 1. The van der Waals surface area contributed by atoms with Crippen LogP contribution in [0.2, 0.25) is 0 Å². The number of fused-ring (bicyclic) bond motifs is 2. The van der Waals surface area contributed by atoms with Crippen molar-refractivity contribution in [3.05, 3.63) is 83.2 Å². The molecule has 1 saturated heterocycles. The van der Waals surface area contributed by atoms with Crippen LogP contribution in [-0.4, -0.2) is 29.1 Å². The molecule has 28 heavy (non-hydrogen) atoms. The fourth-order valence-electron chi connectivity index (χ4n) is 4.66. The van der Waals surface area contributed by atoms with Crippen LogP contribution in [0.3, 0.4) is 0 Å². The number of carbonyl (C=O) groups excluding carboxylic acids is 1. The summed E-state index contributed by atoms with van der Waals surface area (Å²) in [6.45, 7) is 4.83. The number of benzene rings is 2. The minimum atomic E-state index is -0.454. The number of aryl methyl sites for hydroxylation is 1. The summed E-state index contributed by atoms with van der Waals surface area (Å²) in [7, 11) is 0. The highest BCUT2D eigenvalue weighted by molar-refractivity contribution is 6.08. The first-order valence-electron chi connectivity index (χ1n) is 9.76. The van der Waals surface area contributed by atoms with Crippen LogP contribution >= 0.6 is 0 Å². The summed E-state index contributed by atoms with van der Waals surface area (Å²) in [4.78, 5) is 17.9. The SMILES string of the molecule is Cc1cc(CN2CCC3(C2)C(=O)N(Cc2ccccc2)c2ccccc23)no1. The van der Waals surface area contributed by atoms with Crippen molar-refractivity contribution in [2.45, 2.75) is 31.8 Å². The first-order chi connectivity index (χ1) is 13.7.